The lowest BCUT2D eigenvalue weighted by molar-refractivity contribution is 0.541. The highest BCUT2D eigenvalue weighted by atomic mass is 79.9. The van der Waals surface area contributed by atoms with Crippen LogP contribution in [0.4, 0.5) is 5.82 Å². The molecule has 1 heterocycles. The van der Waals surface area contributed by atoms with E-state index in [1.807, 2.05) is 13.1 Å². The number of aryl methyl sites for hydroxylation is 1. The van der Waals surface area contributed by atoms with Crippen LogP contribution >= 0.6 is 27.5 Å². The zero-order chi connectivity index (χ0) is 12.1. The van der Waals surface area contributed by atoms with Crippen LogP contribution in [-0.4, -0.2) is 16.9 Å². The van der Waals surface area contributed by atoms with Crippen molar-refractivity contribution in [1.29, 1.82) is 0 Å². The summed E-state index contributed by atoms with van der Waals surface area (Å²) in [7, 11) is 0. The van der Waals surface area contributed by atoms with E-state index in [9.17, 15) is 0 Å². The van der Waals surface area contributed by atoms with Gasteiger partial charge in [0, 0.05) is 18.1 Å². The number of rotatable bonds is 5. The molecule has 0 aliphatic heterocycles. The van der Waals surface area contributed by atoms with Crippen LogP contribution in [0.1, 0.15) is 25.8 Å². The van der Waals surface area contributed by atoms with E-state index in [0.717, 1.165) is 22.3 Å². The van der Waals surface area contributed by atoms with Crippen molar-refractivity contribution >= 4 is 33.3 Å². The van der Waals surface area contributed by atoms with Crippen molar-refractivity contribution in [2.45, 2.75) is 33.2 Å². The minimum atomic E-state index is 0.271. The zero-order valence-electron chi connectivity index (χ0n) is 9.93. The number of hydrogen-bond donors (Lipinski definition) is 1. The molecule has 0 saturated heterocycles. The summed E-state index contributed by atoms with van der Waals surface area (Å²) >= 11 is 9.44. The second-order valence-electron chi connectivity index (χ2n) is 4.47. The van der Waals surface area contributed by atoms with Gasteiger partial charge in [-0.2, -0.15) is 0 Å². The Balaban J connectivity index is 2.70. The Labute approximate surface area is 111 Å². The fraction of sp³-hybridized carbons (Fsp3) is 0.583. The number of pyridine rings is 1. The summed E-state index contributed by atoms with van der Waals surface area (Å²) in [5.41, 5.74) is 1.14. The van der Waals surface area contributed by atoms with Crippen molar-refractivity contribution in [1.82, 2.24) is 4.98 Å². The molecule has 0 spiro atoms. The van der Waals surface area contributed by atoms with Crippen LogP contribution in [0.25, 0.3) is 0 Å². The highest BCUT2D eigenvalue weighted by Crippen LogP contribution is 2.22. The molecule has 0 amide bonds. The molecule has 4 heteroatoms. The lowest BCUT2D eigenvalue weighted by Gasteiger charge is -2.19. The number of hydrogen-bond acceptors (Lipinski definition) is 2. The number of nitrogens with zero attached hydrogens (tertiary/aromatic N) is 1. The van der Waals surface area contributed by atoms with E-state index in [-0.39, 0.29) is 6.04 Å². The van der Waals surface area contributed by atoms with E-state index in [1.54, 1.807) is 0 Å². The van der Waals surface area contributed by atoms with Gasteiger partial charge in [-0.25, -0.2) is 4.98 Å². The lowest BCUT2D eigenvalue weighted by atomic mass is 10.1. The number of nitrogens with one attached hydrogen (secondary N) is 1. The van der Waals surface area contributed by atoms with Crippen LogP contribution in [-0.2, 0) is 0 Å². The highest BCUT2D eigenvalue weighted by molar-refractivity contribution is 9.10. The summed E-state index contributed by atoms with van der Waals surface area (Å²) in [6.45, 7) is 6.41. The van der Waals surface area contributed by atoms with Gasteiger partial charge in [0.25, 0.3) is 0 Å². The minimum absolute atomic E-state index is 0.271. The topological polar surface area (TPSA) is 24.9 Å². The molecule has 1 N–H and O–H groups in total. The summed E-state index contributed by atoms with van der Waals surface area (Å²) in [5.74, 6) is 2.09. The average Bonchev–Trinajstić information content (AvgIpc) is 2.20. The second-order valence-corrected chi connectivity index (χ2v) is 5.63. The number of aromatic nitrogens is 1. The summed E-state index contributed by atoms with van der Waals surface area (Å²) in [4.78, 5) is 4.36. The van der Waals surface area contributed by atoms with E-state index < -0.39 is 0 Å². The number of halogens is 2. The summed E-state index contributed by atoms with van der Waals surface area (Å²) in [6.07, 6.45) is 2.90. The van der Waals surface area contributed by atoms with Crippen molar-refractivity contribution < 1.29 is 0 Å². The third kappa shape index (κ3) is 4.30. The second kappa shape index (κ2) is 6.45. The van der Waals surface area contributed by atoms with Crippen LogP contribution in [0.15, 0.2) is 16.7 Å². The Morgan fingerprint density at radius 1 is 1.50 bits per heavy atom. The molecule has 0 radical (unpaired) electrons. The summed E-state index contributed by atoms with van der Waals surface area (Å²) in [5, 5.41) is 3.37. The summed E-state index contributed by atoms with van der Waals surface area (Å²) < 4.78 is 0.992. The van der Waals surface area contributed by atoms with Gasteiger partial charge in [0.1, 0.15) is 5.82 Å². The lowest BCUT2D eigenvalue weighted by Crippen LogP contribution is -2.24. The van der Waals surface area contributed by atoms with E-state index in [4.69, 9.17) is 11.6 Å². The smallest absolute Gasteiger partial charge is 0.140 e. The molecular weight excluding hydrogens is 288 g/mol. The van der Waals surface area contributed by atoms with Crippen molar-refractivity contribution in [2.75, 3.05) is 11.2 Å². The first kappa shape index (κ1) is 13.8. The molecule has 0 bridgehead atoms. The third-order valence-electron chi connectivity index (χ3n) is 2.26. The maximum atomic E-state index is 5.94. The normalized spacial score (nSPS) is 12.9. The third-order valence-corrected chi connectivity index (χ3v) is 3.24. The van der Waals surface area contributed by atoms with Gasteiger partial charge >= 0.3 is 0 Å². The molecule has 16 heavy (non-hydrogen) atoms. The Kier molecular flexibility index (Phi) is 5.56. The Morgan fingerprint density at radius 3 is 2.69 bits per heavy atom. The van der Waals surface area contributed by atoms with Gasteiger partial charge in [0.05, 0.1) is 4.47 Å². The number of alkyl halides is 1. The van der Waals surface area contributed by atoms with Crippen molar-refractivity contribution in [3.8, 4) is 0 Å². The molecular formula is C12H18BrClN2. The van der Waals surface area contributed by atoms with Crippen molar-refractivity contribution in [3.05, 3.63) is 22.3 Å². The van der Waals surface area contributed by atoms with Crippen LogP contribution in [0.2, 0.25) is 0 Å². The fourth-order valence-electron chi connectivity index (χ4n) is 1.56. The van der Waals surface area contributed by atoms with E-state index >= 15 is 0 Å². The minimum Gasteiger partial charge on any atom is -0.365 e. The van der Waals surface area contributed by atoms with Crippen LogP contribution in [0.3, 0.4) is 0 Å². The maximum Gasteiger partial charge on any atom is 0.140 e. The monoisotopic (exact) mass is 304 g/mol. The molecule has 1 atom stereocenters. The molecule has 0 saturated carbocycles. The SMILES string of the molecule is Cc1cnc(NC(CCl)CC(C)C)c(Br)c1. The van der Waals surface area contributed by atoms with E-state index in [1.165, 1.54) is 0 Å². The predicted molar refractivity (Wildman–Crippen MR) is 74.3 cm³/mol. The molecule has 0 aromatic carbocycles. The first-order valence-electron chi connectivity index (χ1n) is 5.47. The van der Waals surface area contributed by atoms with E-state index in [2.05, 4.69) is 46.1 Å². The standard InChI is InChI=1S/C12H18BrClN2/c1-8(2)4-10(6-14)16-12-11(13)5-9(3)7-15-12/h5,7-8,10H,4,6H2,1-3H3,(H,15,16). The van der Waals surface area contributed by atoms with Crippen LogP contribution in [0, 0.1) is 12.8 Å². The molecule has 1 rings (SSSR count). The van der Waals surface area contributed by atoms with Gasteiger partial charge in [-0.3, -0.25) is 0 Å². The summed E-state index contributed by atoms with van der Waals surface area (Å²) in [6, 6.07) is 2.32. The molecule has 1 aromatic heterocycles. The molecule has 0 fully saturated rings. The number of anilines is 1. The van der Waals surface area contributed by atoms with Gasteiger partial charge in [0.2, 0.25) is 0 Å². The van der Waals surface area contributed by atoms with Crippen LogP contribution < -0.4 is 5.32 Å². The molecule has 90 valence electrons. The van der Waals surface area contributed by atoms with Gasteiger partial charge < -0.3 is 5.32 Å². The van der Waals surface area contributed by atoms with Crippen molar-refractivity contribution in [2.24, 2.45) is 5.92 Å². The zero-order valence-corrected chi connectivity index (χ0v) is 12.3. The fourth-order valence-corrected chi connectivity index (χ4v) is 2.34. The molecule has 0 aliphatic rings. The molecule has 1 aromatic rings. The quantitative estimate of drug-likeness (QED) is 0.824. The molecule has 0 aliphatic carbocycles. The van der Waals surface area contributed by atoms with Gasteiger partial charge in [-0.15, -0.1) is 11.6 Å². The van der Waals surface area contributed by atoms with Crippen molar-refractivity contribution in [3.63, 3.8) is 0 Å². The van der Waals surface area contributed by atoms with Gasteiger partial charge in [-0.1, -0.05) is 13.8 Å². The Morgan fingerprint density at radius 2 is 2.19 bits per heavy atom. The molecule has 2 nitrogen and oxygen atoms in total. The average molecular weight is 306 g/mol. The van der Waals surface area contributed by atoms with Gasteiger partial charge in [0.15, 0.2) is 0 Å². The Hall–Kier alpha value is -0.280. The van der Waals surface area contributed by atoms with E-state index in [0.29, 0.717) is 11.8 Å². The predicted octanol–water partition coefficient (Wildman–Crippen LogP) is 4.22. The van der Waals surface area contributed by atoms with Crippen LogP contribution in [0.5, 0.6) is 0 Å². The Bertz CT molecular complexity index is 342. The molecule has 1 unspecified atom stereocenters. The highest BCUT2D eigenvalue weighted by Gasteiger charge is 2.11. The first-order valence-corrected chi connectivity index (χ1v) is 6.80. The maximum absolute atomic E-state index is 5.94. The largest absolute Gasteiger partial charge is 0.365 e. The first-order chi connectivity index (χ1) is 7.52. The van der Waals surface area contributed by atoms with Gasteiger partial charge in [-0.05, 0) is 46.8 Å².